The predicted octanol–water partition coefficient (Wildman–Crippen LogP) is 2.26. The van der Waals surface area contributed by atoms with Crippen molar-refractivity contribution in [2.45, 2.75) is 25.4 Å². The van der Waals surface area contributed by atoms with E-state index in [1.54, 1.807) is 30.7 Å². The highest BCUT2D eigenvalue weighted by Gasteiger charge is 2.37. The summed E-state index contributed by atoms with van der Waals surface area (Å²) in [7, 11) is 3.18. The average Bonchev–Trinajstić information content (AvgIpc) is 3.54. The number of fused-ring (bicyclic) bond motifs is 2. The number of benzene rings is 1. The Balaban J connectivity index is 1.59. The second-order valence-corrected chi connectivity index (χ2v) is 8.83. The monoisotopic (exact) mass is 506 g/mol. The lowest BCUT2D eigenvalue weighted by Gasteiger charge is -2.22. The van der Waals surface area contributed by atoms with Gasteiger partial charge in [0.15, 0.2) is 17.3 Å². The van der Waals surface area contributed by atoms with Crippen molar-refractivity contribution in [3.63, 3.8) is 0 Å². The number of nitrogens with zero attached hydrogens (tertiary/aromatic N) is 7. The first kappa shape index (κ1) is 24.3. The Kier molecular flexibility index (Phi) is 6.08. The van der Waals surface area contributed by atoms with Crippen LogP contribution in [-0.2, 0) is 16.6 Å². The molecule has 0 unspecified atom stereocenters. The van der Waals surface area contributed by atoms with Crippen LogP contribution in [0.5, 0.6) is 0 Å². The molecule has 1 aliphatic rings. The molecule has 2 N–H and O–H groups in total. The summed E-state index contributed by atoms with van der Waals surface area (Å²) in [6.45, 7) is 5.98. The molecule has 0 radical (unpaired) electrons. The minimum atomic E-state index is -1.08. The van der Waals surface area contributed by atoms with E-state index in [9.17, 15) is 13.6 Å². The Labute approximate surface area is 210 Å². The zero-order valence-electron chi connectivity index (χ0n) is 20.5. The van der Waals surface area contributed by atoms with Crippen LogP contribution in [0.2, 0.25) is 0 Å². The Morgan fingerprint density at radius 3 is 2.84 bits per heavy atom. The topological polar surface area (TPSA) is 117 Å². The largest absolute Gasteiger partial charge is 0.383 e. The number of aromatic nitrogens is 6. The highest BCUT2D eigenvalue weighted by molar-refractivity contribution is 5.91. The van der Waals surface area contributed by atoms with E-state index in [1.165, 1.54) is 23.0 Å². The summed E-state index contributed by atoms with van der Waals surface area (Å²) < 4.78 is 38.1. The molecule has 0 saturated carbocycles. The normalized spacial score (nSPS) is 17.4. The van der Waals surface area contributed by atoms with Crippen LogP contribution in [0.1, 0.15) is 29.5 Å². The number of methoxy groups -OCH3 is 1. The van der Waals surface area contributed by atoms with Gasteiger partial charge in [-0.2, -0.15) is 5.10 Å². The number of anilines is 1. The minimum absolute atomic E-state index is 0.0680. The summed E-state index contributed by atoms with van der Waals surface area (Å²) in [5, 5.41) is 5.01. The van der Waals surface area contributed by atoms with Crippen molar-refractivity contribution in [2.75, 3.05) is 26.0 Å². The molecule has 5 rings (SSSR count). The molecule has 0 aliphatic carbocycles. The van der Waals surface area contributed by atoms with E-state index in [0.29, 0.717) is 41.9 Å². The second kappa shape index (κ2) is 9.25. The van der Waals surface area contributed by atoms with Gasteiger partial charge < -0.3 is 19.9 Å². The van der Waals surface area contributed by atoms with Crippen LogP contribution in [-0.4, -0.2) is 66.4 Å². The van der Waals surface area contributed by atoms with Gasteiger partial charge in [-0.3, -0.25) is 4.79 Å². The van der Waals surface area contributed by atoms with Gasteiger partial charge in [0.05, 0.1) is 35.2 Å². The van der Waals surface area contributed by atoms with E-state index in [0.717, 1.165) is 0 Å². The molecule has 1 saturated heterocycles. The molecule has 2 atom stereocenters. The van der Waals surface area contributed by atoms with Crippen LogP contribution in [0.4, 0.5) is 14.6 Å². The predicted molar refractivity (Wildman–Crippen MR) is 132 cm³/mol. The summed E-state index contributed by atoms with van der Waals surface area (Å²) in [6, 6.07) is 0.968. The van der Waals surface area contributed by atoms with E-state index in [2.05, 4.69) is 38.5 Å². The first-order valence-corrected chi connectivity index (χ1v) is 11.5. The van der Waals surface area contributed by atoms with Crippen molar-refractivity contribution in [2.24, 2.45) is 7.05 Å². The van der Waals surface area contributed by atoms with Crippen LogP contribution in [0.15, 0.2) is 25.0 Å². The molecule has 10 nitrogen and oxygen atoms in total. The van der Waals surface area contributed by atoms with E-state index < -0.39 is 11.6 Å². The number of amides is 1. The summed E-state index contributed by atoms with van der Waals surface area (Å²) >= 11 is 0. The first-order valence-electron chi connectivity index (χ1n) is 11.5. The number of imidazole rings is 1. The van der Waals surface area contributed by atoms with E-state index in [1.807, 2.05) is 0 Å². The van der Waals surface area contributed by atoms with Crippen LogP contribution >= 0.6 is 0 Å². The van der Waals surface area contributed by atoms with Crippen LogP contribution in [0.3, 0.4) is 0 Å². The number of aryl methyl sites for hydroxylation is 2. The van der Waals surface area contributed by atoms with Crippen molar-refractivity contribution in [1.82, 2.24) is 34.2 Å². The maximum absolute atomic E-state index is 14.9. The van der Waals surface area contributed by atoms with Gasteiger partial charge in [0, 0.05) is 20.7 Å². The third-order valence-electron chi connectivity index (χ3n) is 6.65. The summed E-state index contributed by atoms with van der Waals surface area (Å²) in [5.41, 5.74) is 6.98. The maximum atomic E-state index is 14.9. The van der Waals surface area contributed by atoms with Gasteiger partial charge in [-0.15, -0.1) is 0 Å². The Morgan fingerprint density at radius 1 is 1.32 bits per heavy atom. The number of nitrogen functional groups attached to an aromatic ring is 1. The molecule has 4 heterocycles. The van der Waals surface area contributed by atoms with Gasteiger partial charge in [-0.25, -0.2) is 28.4 Å². The molecule has 190 valence electrons. The van der Waals surface area contributed by atoms with Crippen LogP contribution in [0, 0.1) is 30.4 Å². The number of carbonyl (C=O) groups excluding carboxylic acids is 1. The van der Waals surface area contributed by atoms with Gasteiger partial charge in [-0.1, -0.05) is 12.5 Å². The van der Waals surface area contributed by atoms with Crippen molar-refractivity contribution in [3.05, 3.63) is 53.8 Å². The average molecular weight is 507 g/mol. The molecule has 37 heavy (non-hydrogen) atoms. The highest BCUT2D eigenvalue weighted by Crippen LogP contribution is 2.32. The first-order chi connectivity index (χ1) is 17.7. The quantitative estimate of drug-likeness (QED) is 0.333. The van der Waals surface area contributed by atoms with Crippen LogP contribution in [0.25, 0.3) is 22.1 Å². The molecule has 0 spiro atoms. The smallest absolute Gasteiger partial charge is 0.246 e. The second-order valence-electron chi connectivity index (χ2n) is 8.83. The molecule has 4 aromatic rings. The Bertz CT molecular complexity index is 1630. The van der Waals surface area contributed by atoms with Gasteiger partial charge in [0.25, 0.3) is 0 Å². The van der Waals surface area contributed by atoms with Crippen molar-refractivity contribution in [3.8, 4) is 11.8 Å². The number of nitrogens with two attached hydrogens (primary N) is 1. The fraction of sp³-hybridized carbons (Fsp3) is 0.320. The van der Waals surface area contributed by atoms with Gasteiger partial charge in [-0.05, 0) is 31.4 Å². The van der Waals surface area contributed by atoms with Gasteiger partial charge >= 0.3 is 0 Å². The molecular weight excluding hydrogens is 482 g/mol. The number of hydrogen-bond acceptors (Lipinski definition) is 7. The number of ether oxygens (including phenoxy) is 1. The van der Waals surface area contributed by atoms with Crippen molar-refractivity contribution < 1.29 is 18.3 Å². The third-order valence-corrected chi connectivity index (χ3v) is 6.65. The lowest BCUT2D eigenvalue weighted by molar-refractivity contribution is -0.127. The molecular formula is C25H24F2N8O2. The minimum Gasteiger partial charge on any atom is -0.383 e. The van der Waals surface area contributed by atoms with Gasteiger partial charge in [0.1, 0.15) is 29.2 Å². The van der Waals surface area contributed by atoms with E-state index in [4.69, 9.17) is 10.5 Å². The number of hydrogen-bond donors (Lipinski definition) is 1. The van der Waals surface area contributed by atoms with Crippen molar-refractivity contribution in [1.29, 1.82) is 0 Å². The lowest BCUT2D eigenvalue weighted by atomic mass is 10.1. The molecule has 1 aromatic carbocycles. The lowest BCUT2D eigenvalue weighted by Crippen LogP contribution is -2.37. The summed E-state index contributed by atoms with van der Waals surface area (Å²) in [6.07, 6.45) is 3.13. The molecule has 1 fully saturated rings. The number of halogens is 2. The van der Waals surface area contributed by atoms with Crippen LogP contribution < -0.4 is 5.73 Å². The highest BCUT2D eigenvalue weighted by atomic mass is 19.2. The summed E-state index contributed by atoms with van der Waals surface area (Å²) in [4.78, 5) is 26.8. The van der Waals surface area contributed by atoms with E-state index in [-0.39, 0.29) is 40.6 Å². The molecule has 1 amide bonds. The fourth-order valence-electron chi connectivity index (χ4n) is 4.78. The maximum Gasteiger partial charge on any atom is 0.246 e. The Morgan fingerprint density at radius 2 is 2.11 bits per heavy atom. The number of likely N-dealkylation sites (tertiary alicyclic amines) is 1. The van der Waals surface area contributed by atoms with E-state index >= 15 is 0 Å². The van der Waals surface area contributed by atoms with Crippen molar-refractivity contribution >= 4 is 33.8 Å². The zero-order valence-corrected chi connectivity index (χ0v) is 20.5. The molecule has 0 bridgehead atoms. The molecule has 12 heteroatoms. The van der Waals surface area contributed by atoms with Gasteiger partial charge in [0.2, 0.25) is 5.91 Å². The third kappa shape index (κ3) is 3.97. The molecule has 3 aromatic heterocycles. The fourth-order valence-corrected chi connectivity index (χ4v) is 4.78. The zero-order chi connectivity index (χ0) is 26.4. The SMILES string of the molecule is C=CC(=O)N1C[C@@H](n2nc(C#Cc3cc4nc(C)n(C)c4c(F)c3F)c3c(N)ncnc32)C[C@@H]1COC. The summed E-state index contributed by atoms with van der Waals surface area (Å²) in [5.74, 6) is 3.87. The number of carbonyl (C=O) groups is 1. The molecule has 1 aliphatic heterocycles. The number of rotatable bonds is 4. The standard InChI is InChI=1S/C25H24F2N8O2/c1-5-19(36)34-10-15(9-16(34)11-37-4)35-25-20(24(28)29-12-30-25)17(32-35)7-6-14-8-18-23(22(27)21(14)26)33(3)13(2)31-18/h5,8,12,15-16H,1,9-11H2,2-4H3,(H2,28,29,30)/t15-,16+/m0/s1. The Hall–Kier alpha value is -4.37.